The Labute approximate surface area is 116 Å². The highest BCUT2D eigenvalue weighted by atomic mass is 15.1. The monoisotopic (exact) mass is 259 g/mol. The number of nitrogens with one attached hydrogen (secondary N) is 1. The number of fused-ring (bicyclic) bond motifs is 1. The maximum Gasteiger partial charge on any atom is 0.111 e. The number of aryl methyl sites for hydroxylation is 2. The fourth-order valence-corrected chi connectivity index (χ4v) is 2.43. The molecule has 19 heavy (non-hydrogen) atoms. The van der Waals surface area contributed by atoms with E-state index in [1.165, 1.54) is 22.5 Å². The third-order valence-electron chi connectivity index (χ3n) is 3.59. The summed E-state index contributed by atoms with van der Waals surface area (Å²) in [6.45, 7) is 10.9. The summed E-state index contributed by atoms with van der Waals surface area (Å²) in [4.78, 5) is 4.83. The molecule has 0 radical (unpaired) electrons. The maximum atomic E-state index is 4.83. The number of likely N-dealkylation sites (N-methyl/N-ethyl adjacent to an activating group) is 1. The second-order valence-corrected chi connectivity index (χ2v) is 5.81. The van der Waals surface area contributed by atoms with Gasteiger partial charge in [-0.2, -0.15) is 0 Å². The van der Waals surface area contributed by atoms with Gasteiger partial charge in [0.15, 0.2) is 0 Å². The molecule has 1 heterocycles. The van der Waals surface area contributed by atoms with Crippen LogP contribution in [0, 0.1) is 19.8 Å². The van der Waals surface area contributed by atoms with Gasteiger partial charge in [-0.1, -0.05) is 13.8 Å². The second kappa shape index (κ2) is 5.74. The molecule has 0 aliphatic heterocycles. The summed E-state index contributed by atoms with van der Waals surface area (Å²) in [5.41, 5.74) is 5.08. The van der Waals surface area contributed by atoms with Crippen LogP contribution < -0.4 is 5.32 Å². The van der Waals surface area contributed by atoms with Crippen LogP contribution in [-0.4, -0.2) is 23.1 Å². The van der Waals surface area contributed by atoms with Gasteiger partial charge in [-0.3, -0.25) is 0 Å². The molecule has 3 nitrogen and oxygen atoms in total. The molecule has 0 saturated carbocycles. The summed E-state index contributed by atoms with van der Waals surface area (Å²) >= 11 is 0. The van der Waals surface area contributed by atoms with E-state index in [2.05, 4.69) is 49.7 Å². The minimum Gasteiger partial charge on any atom is -0.328 e. The number of benzene rings is 1. The molecule has 0 atom stereocenters. The fraction of sp³-hybridized carbons (Fsp3) is 0.562. The van der Waals surface area contributed by atoms with Crippen molar-refractivity contribution < 1.29 is 0 Å². The largest absolute Gasteiger partial charge is 0.328 e. The molecule has 1 aromatic heterocycles. The number of hydrogen-bond acceptors (Lipinski definition) is 2. The van der Waals surface area contributed by atoms with E-state index >= 15 is 0 Å². The van der Waals surface area contributed by atoms with Crippen LogP contribution >= 0.6 is 0 Å². The fourth-order valence-electron chi connectivity index (χ4n) is 2.43. The lowest BCUT2D eigenvalue weighted by atomic mass is 10.1. The van der Waals surface area contributed by atoms with Crippen LogP contribution in [0.3, 0.4) is 0 Å². The van der Waals surface area contributed by atoms with Crippen LogP contribution in [0.5, 0.6) is 0 Å². The Hall–Kier alpha value is -1.35. The van der Waals surface area contributed by atoms with Crippen molar-refractivity contribution >= 4 is 11.0 Å². The molecule has 0 aliphatic carbocycles. The highest BCUT2D eigenvalue weighted by Crippen LogP contribution is 2.22. The average molecular weight is 259 g/mol. The van der Waals surface area contributed by atoms with Gasteiger partial charge in [-0.25, -0.2) is 4.98 Å². The zero-order chi connectivity index (χ0) is 14.0. The van der Waals surface area contributed by atoms with Gasteiger partial charge in [0.25, 0.3) is 0 Å². The smallest absolute Gasteiger partial charge is 0.111 e. The van der Waals surface area contributed by atoms with Crippen LogP contribution in [0.1, 0.15) is 30.8 Å². The minimum atomic E-state index is 0.632. The Bertz CT molecular complexity index is 567. The van der Waals surface area contributed by atoms with Gasteiger partial charge in [0.05, 0.1) is 11.0 Å². The molecule has 0 spiro atoms. The molecule has 0 unspecified atom stereocenters. The van der Waals surface area contributed by atoms with E-state index in [9.17, 15) is 0 Å². The van der Waals surface area contributed by atoms with Gasteiger partial charge in [-0.05, 0) is 50.1 Å². The number of hydrogen-bond donors (Lipinski definition) is 1. The lowest BCUT2D eigenvalue weighted by molar-refractivity contribution is 0.514. The zero-order valence-corrected chi connectivity index (χ0v) is 12.7. The van der Waals surface area contributed by atoms with Crippen molar-refractivity contribution in [3.05, 3.63) is 29.1 Å². The summed E-state index contributed by atoms with van der Waals surface area (Å²) in [6, 6.07) is 4.49. The summed E-state index contributed by atoms with van der Waals surface area (Å²) in [5, 5.41) is 3.21. The SMILES string of the molecule is CNCCc1nc2cc(C)c(C)cc2n1CC(C)C. The van der Waals surface area contributed by atoms with Gasteiger partial charge >= 0.3 is 0 Å². The molecule has 1 aromatic carbocycles. The topological polar surface area (TPSA) is 29.9 Å². The zero-order valence-electron chi connectivity index (χ0n) is 12.7. The maximum absolute atomic E-state index is 4.83. The average Bonchev–Trinajstić information content (AvgIpc) is 2.65. The molecule has 104 valence electrons. The molecule has 0 aliphatic rings. The molecule has 2 aromatic rings. The lowest BCUT2D eigenvalue weighted by Crippen LogP contribution is -2.15. The van der Waals surface area contributed by atoms with Crippen molar-refractivity contribution in [1.82, 2.24) is 14.9 Å². The quantitative estimate of drug-likeness (QED) is 0.894. The molecule has 0 amide bonds. The van der Waals surface area contributed by atoms with Crippen molar-refractivity contribution in [3.63, 3.8) is 0 Å². The third kappa shape index (κ3) is 2.98. The molecular formula is C16H25N3. The number of rotatable bonds is 5. The van der Waals surface area contributed by atoms with E-state index in [-0.39, 0.29) is 0 Å². The van der Waals surface area contributed by atoms with Crippen LogP contribution in [0.2, 0.25) is 0 Å². The van der Waals surface area contributed by atoms with E-state index < -0.39 is 0 Å². The summed E-state index contributed by atoms with van der Waals surface area (Å²) in [6.07, 6.45) is 0.982. The third-order valence-corrected chi connectivity index (χ3v) is 3.59. The Kier molecular flexibility index (Phi) is 4.25. The number of imidazole rings is 1. The van der Waals surface area contributed by atoms with Gasteiger partial charge < -0.3 is 9.88 Å². The van der Waals surface area contributed by atoms with Gasteiger partial charge in [0, 0.05) is 19.5 Å². The summed E-state index contributed by atoms with van der Waals surface area (Å²) < 4.78 is 2.39. The molecule has 0 bridgehead atoms. The first-order valence-corrected chi connectivity index (χ1v) is 7.14. The van der Waals surface area contributed by atoms with Gasteiger partial charge in [0.1, 0.15) is 5.82 Å². The summed E-state index contributed by atoms with van der Waals surface area (Å²) in [5.74, 6) is 1.83. The Morgan fingerprint density at radius 1 is 1.21 bits per heavy atom. The second-order valence-electron chi connectivity index (χ2n) is 5.81. The molecule has 1 N–H and O–H groups in total. The first kappa shape index (κ1) is 14.1. The standard InChI is InChI=1S/C16H25N3/c1-11(2)10-19-15-9-13(4)12(3)8-14(15)18-16(19)6-7-17-5/h8-9,11,17H,6-7,10H2,1-5H3. The van der Waals surface area contributed by atoms with Crippen LogP contribution in [0.25, 0.3) is 11.0 Å². The van der Waals surface area contributed by atoms with Crippen molar-refractivity contribution in [2.45, 2.75) is 40.7 Å². The molecule has 0 fully saturated rings. The van der Waals surface area contributed by atoms with Crippen LogP contribution in [0.4, 0.5) is 0 Å². The van der Waals surface area contributed by atoms with Crippen molar-refractivity contribution in [2.75, 3.05) is 13.6 Å². The Balaban J connectivity index is 2.52. The van der Waals surface area contributed by atoms with Gasteiger partial charge in [-0.15, -0.1) is 0 Å². The first-order chi connectivity index (χ1) is 9.02. The lowest BCUT2D eigenvalue weighted by Gasteiger charge is -2.12. The number of aromatic nitrogens is 2. The van der Waals surface area contributed by atoms with E-state index in [4.69, 9.17) is 4.98 Å². The van der Waals surface area contributed by atoms with Crippen molar-refractivity contribution in [1.29, 1.82) is 0 Å². The highest BCUT2D eigenvalue weighted by molar-refractivity contribution is 5.78. The molecular weight excluding hydrogens is 234 g/mol. The molecule has 2 rings (SSSR count). The Morgan fingerprint density at radius 2 is 1.89 bits per heavy atom. The molecule has 3 heteroatoms. The predicted molar refractivity (Wildman–Crippen MR) is 81.7 cm³/mol. The van der Waals surface area contributed by atoms with Crippen LogP contribution in [-0.2, 0) is 13.0 Å². The first-order valence-electron chi connectivity index (χ1n) is 7.14. The normalized spacial score (nSPS) is 11.7. The van der Waals surface area contributed by atoms with E-state index in [0.29, 0.717) is 5.92 Å². The van der Waals surface area contributed by atoms with Crippen LogP contribution in [0.15, 0.2) is 12.1 Å². The number of nitrogens with zero attached hydrogens (tertiary/aromatic N) is 2. The molecule has 0 saturated heterocycles. The van der Waals surface area contributed by atoms with Gasteiger partial charge in [0.2, 0.25) is 0 Å². The van der Waals surface area contributed by atoms with Crippen molar-refractivity contribution in [3.8, 4) is 0 Å². The van der Waals surface area contributed by atoms with E-state index in [0.717, 1.165) is 25.0 Å². The highest BCUT2D eigenvalue weighted by Gasteiger charge is 2.12. The van der Waals surface area contributed by atoms with Crippen molar-refractivity contribution in [2.24, 2.45) is 5.92 Å². The Morgan fingerprint density at radius 3 is 2.53 bits per heavy atom. The van der Waals surface area contributed by atoms with E-state index in [1.54, 1.807) is 0 Å². The predicted octanol–water partition coefficient (Wildman–Crippen LogP) is 3.07. The van der Waals surface area contributed by atoms with E-state index in [1.807, 2.05) is 7.05 Å². The minimum absolute atomic E-state index is 0.632. The summed E-state index contributed by atoms with van der Waals surface area (Å²) in [7, 11) is 1.99.